The van der Waals surface area contributed by atoms with Gasteiger partial charge in [0.25, 0.3) is 0 Å². The zero-order chi connectivity index (χ0) is 18.0. The van der Waals surface area contributed by atoms with Gasteiger partial charge < -0.3 is 10.6 Å². The van der Waals surface area contributed by atoms with Gasteiger partial charge in [-0.1, -0.05) is 26.0 Å². The molecule has 0 unspecified atom stereocenters. The number of nitrogens with two attached hydrogens (primary N) is 1. The fourth-order valence-electron chi connectivity index (χ4n) is 3.30. The molecule has 1 aliphatic heterocycles. The van der Waals surface area contributed by atoms with Crippen LogP contribution in [0.5, 0.6) is 0 Å². The number of piperidine rings is 1. The van der Waals surface area contributed by atoms with Gasteiger partial charge >= 0.3 is 0 Å². The summed E-state index contributed by atoms with van der Waals surface area (Å²) in [6.07, 6.45) is 1.15. The van der Waals surface area contributed by atoms with Gasteiger partial charge in [-0.3, -0.25) is 9.59 Å². The van der Waals surface area contributed by atoms with E-state index in [-0.39, 0.29) is 12.5 Å². The normalized spacial score (nSPS) is 20.5. The Morgan fingerprint density at radius 1 is 1.16 bits per heavy atom. The van der Waals surface area contributed by atoms with Gasteiger partial charge in [-0.05, 0) is 35.6 Å². The number of primary amides is 1. The fraction of sp³-hybridized carbons (Fsp3) is 0.471. The van der Waals surface area contributed by atoms with E-state index in [2.05, 4.69) is 29.3 Å². The number of tetrazole rings is 1. The second kappa shape index (κ2) is 7.00. The van der Waals surface area contributed by atoms with E-state index >= 15 is 0 Å². The molecule has 1 fully saturated rings. The van der Waals surface area contributed by atoms with Crippen LogP contribution < -0.4 is 5.73 Å². The quantitative estimate of drug-likeness (QED) is 0.890. The van der Waals surface area contributed by atoms with Gasteiger partial charge in [0.2, 0.25) is 17.6 Å². The standard InChI is InChI=1S/C17H22N6O2/c1-11-7-12(2)9-22(8-11)15(24)10-23-20-17(19-21-23)14-5-3-13(4-6-14)16(18)25/h3-6,11-12H,7-10H2,1-2H3,(H2,18,25)/t11-,12-/m0/s1. The molecule has 0 radical (unpaired) electrons. The van der Waals surface area contributed by atoms with Crippen LogP contribution in [0.3, 0.4) is 0 Å². The Balaban J connectivity index is 1.67. The Kier molecular flexibility index (Phi) is 4.78. The Hall–Kier alpha value is -2.77. The van der Waals surface area contributed by atoms with E-state index in [1.165, 1.54) is 4.80 Å². The first-order valence-electron chi connectivity index (χ1n) is 8.38. The van der Waals surface area contributed by atoms with Gasteiger partial charge in [-0.15, -0.1) is 10.2 Å². The molecule has 2 atom stereocenters. The van der Waals surface area contributed by atoms with Gasteiger partial charge in [-0.25, -0.2) is 0 Å². The van der Waals surface area contributed by atoms with Crippen molar-refractivity contribution in [2.24, 2.45) is 17.6 Å². The highest BCUT2D eigenvalue weighted by molar-refractivity contribution is 5.93. The van der Waals surface area contributed by atoms with Crippen molar-refractivity contribution in [1.29, 1.82) is 0 Å². The van der Waals surface area contributed by atoms with Crippen LogP contribution in [0.2, 0.25) is 0 Å². The number of benzene rings is 1. The molecule has 0 spiro atoms. The maximum absolute atomic E-state index is 12.5. The minimum Gasteiger partial charge on any atom is -0.366 e. The number of nitrogens with zero attached hydrogens (tertiary/aromatic N) is 5. The Labute approximate surface area is 146 Å². The number of hydrogen-bond donors (Lipinski definition) is 1. The minimum absolute atomic E-state index is 0.00595. The smallest absolute Gasteiger partial charge is 0.248 e. The molecule has 25 heavy (non-hydrogen) atoms. The van der Waals surface area contributed by atoms with Crippen molar-refractivity contribution in [3.8, 4) is 11.4 Å². The lowest BCUT2D eigenvalue weighted by molar-refractivity contribution is -0.135. The number of amides is 2. The second-order valence-electron chi connectivity index (χ2n) is 6.83. The Morgan fingerprint density at radius 2 is 1.80 bits per heavy atom. The van der Waals surface area contributed by atoms with Crippen molar-refractivity contribution in [1.82, 2.24) is 25.1 Å². The monoisotopic (exact) mass is 342 g/mol. The first-order chi connectivity index (χ1) is 11.9. The summed E-state index contributed by atoms with van der Waals surface area (Å²) in [6.45, 7) is 5.96. The average Bonchev–Trinajstić information content (AvgIpc) is 3.02. The lowest BCUT2D eigenvalue weighted by atomic mass is 9.92. The predicted octanol–water partition coefficient (Wildman–Crippen LogP) is 0.943. The van der Waals surface area contributed by atoms with Crippen LogP contribution in [0.4, 0.5) is 0 Å². The number of carbonyl (C=O) groups excluding carboxylic acids is 2. The lowest BCUT2D eigenvalue weighted by Gasteiger charge is -2.34. The third kappa shape index (κ3) is 4.01. The summed E-state index contributed by atoms with van der Waals surface area (Å²) in [5.74, 6) is 0.945. The van der Waals surface area contributed by atoms with Gasteiger partial charge in [0, 0.05) is 24.2 Å². The zero-order valence-corrected chi connectivity index (χ0v) is 14.4. The maximum atomic E-state index is 12.5. The van der Waals surface area contributed by atoms with E-state index in [0.29, 0.717) is 28.8 Å². The number of likely N-dealkylation sites (tertiary alicyclic amines) is 1. The van der Waals surface area contributed by atoms with Gasteiger partial charge in [0.15, 0.2) is 0 Å². The third-order valence-electron chi connectivity index (χ3n) is 4.38. The molecule has 2 N–H and O–H groups in total. The van der Waals surface area contributed by atoms with Crippen LogP contribution in [0.1, 0.15) is 30.6 Å². The fourth-order valence-corrected chi connectivity index (χ4v) is 3.30. The number of rotatable bonds is 4. The molecule has 132 valence electrons. The highest BCUT2D eigenvalue weighted by Gasteiger charge is 2.25. The molecule has 1 aromatic heterocycles. The molecule has 1 aromatic carbocycles. The average molecular weight is 342 g/mol. The molecule has 3 rings (SSSR count). The summed E-state index contributed by atoms with van der Waals surface area (Å²) in [4.78, 5) is 26.8. The van der Waals surface area contributed by atoms with Crippen LogP contribution in [0.25, 0.3) is 11.4 Å². The molecule has 1 saturated heterocycles. The second-order valence-corrected chi connectivity index (χ2v) is 6.83. The van der Waals surface area contributed by atoms with Crippen LogP contribution in [-0.4, -0.2) is 50.0 Å². The Bertz CT molecular complexity index is 760. The van der Waals surface area contributed by atoms with Crippen molar-refractivity contribution in [3.05, 3.63) is 29.8 Å². The van der Waals surface area contributed by atoms with E-state index < -0.39 is 5.91 Å². The topological polar surface area (TPSA) is 107 Å². The van der Waals surface area contributed by atoms with Crippen molar-refractivity contribution in [2.45, 2.75) is 26.8 Å². The first kappa shape index (κ1) is 17.1. The van der Waals surface area contributed by atoms with Gasteiger partial charge in [-0.2, -0.15) is 4.80 Å². The number of carbonyl (C=O) groups is 2. The first-order valence-corrected chi connectivity index (χ1v) is 8.38. The number of aromatic nitrogens is 4. The van der Waals surface area contributed by atoms with E-state index in [4.69, 9.17) is 5.73 Å². The van der Waals surface area contributed by atoms with Crippen molar-refractivity contribution < 1.29 is 9.59 Å². The predicted molar refractivity (Wildman–Crippen MR) is 91.3 cm³/mol. The molecular weight excluding hydrogens is 320 g/mol. The lowest BCUT2D eigenvalue weighted by Crippen LogP contribution is -2.44. The summed E-state index contributed by atoms with van der Waals surface area (Å²) in [6, 6.07) is 6.63. The largest absolute Gasteiger partial charge is 0.366 e. The number of hydrogen-bond acceptors (Lipinski definition) is 5. The molecule has 0 aliphatic carbocycles. The van der Waals surface area contributed by atoms with E-state index in [9.17, 15) is 9.59 Å². The molecule has 8 heteroatoms. The highest BCUT2D eigenvalue weighted by atomic mass is 16.2. The molecular formula is C17H22N6O2. The SMILES string of the molecule is C[C@H]1C[C@H](C)CN(C(=O)Cn2nnc(-c3ccc(C(N)=O)cc3)n2)C1. The van der Waals surface area contributed by atoms with Crippen LogP contribution >= 0.6 is 0 Å². The van der Waals surface area contributed by atoms with E-state index in [1.54, 1.807) is 24.3 Å². The zero-order valence-electron chi connectivity index (χ0n) is 14.4. The molecule has 2 heterocycles. The summed E-state index contributed by atoms with van der Waals surface area (Å²) < 4.78 is 0. The van der Waals surface area contributed by atoms with Gasteiger partial charge in [0.05, 0.1) is 0 Å². The van der Waals surface area contributed by atoms with Crippen LogP contribution in [-0.2, 0) is 11.3 Å². The summed E-state index contributed by atoms with van der Waals surface area (Å²) >= 11 is 0. The van der Waals surface area contributed by atoms with E-state index in [0.717, 1.165) is 19.5 Å². The summed E-state index contributed by atoms with van der Waals surface area (Å²) in [5.41, 5.74) is 6.35. The van der Waals surface area contributed by atoms with Crippen LogP contribution in [0.15, 0.2) is 24.3 Å². The summed E-state index contributed by atoms with van der Waals surface area (Å²) in [7, 11) is 0. The minimum atomic E-state index is -0.487. The van der Waals surface area contributed by atoms with Crippen molar-refractivity contribution >= 4 is 11.8 Å². The molecule has 0 bridgehead atoms. The van der Waals surface area contributed by atoms with Crippen molar-refractivity contribution in [3.63, 3.8) is 0 Å². The molecule has 2 aromatic rings. The highest BCUT2D eigenvalue weighted by Crippen LogP contribution is 2.21. The molecule has 1 aliphatic rings. The molecule has 2 amide bonds. The summed E-state index contributed by atoms with van der Waals surface area (Å²) in [5, 5.41) is 12.2. The van der Waals surface area contributed by atoms with Crippen LogP contribution in [0, 0.1) is 11.8 Å². The molecule has 0 saturated carbocycles. The maximum Gasteiger partial charge on any atom is 0.248 e. The van der Waals surface area contributed by atoms with Crippen molar-refractivity contribution in [2.75, 3.05) is 13.1 Å². The Morgan fingerprint density at radius 3 is 2.40 bits per heavy atom. The van der Waals surface area contributed by atoms with E-state index in [1.807, 2.05) is 4.90 Å². The van der Waals surface area contributed by atoms with Gasteiger partial charge in [0.1, 0.15) is 6.54 Å². The third-order valence-corrected chi connectivity index (χ3v) is 4.38. The molecule has 8 nitrogen and oxygen atoms in total.